The highest BCUT2D eigenvalue weighted by atomic mass is 16.3. The molecule has 4 rings (SSSR count). The quantitative estimate of drug-likeness (QED) is 0.298. The zero-order valence-corrected chi connectivity index (χ0v) is 23.0. The highest BCUT2D eigenvalue weighted by molar-refractivity contribution is 5.94. The van der Waals surface area contributed by atoms with Gasteiger partial charge in [-0.05, 0) is 73.8 Å². The number of aryl methyl sites for hydroxylation is 1. The predicted octanol–water partition coefficient (Wildman–Crippen LogP) is 5.62. The Hall–Kier alpha value is -4.72. The van der Waals surface area contributed by atoms with Crippen molar-refractivity contribution in [1.82, 2.24) is 4.90 Å². The van der Waals surface area contributed by atoms with Gasteiger partial charge in [0.2, 0.25) is 0 Å². The van der Waals surface area contributed by atoms with Gasteiger partial charge in [0.1, 0.15) is 11.3 Å². The number of carbonyl (C=O) groups is 1. The van der Waals surface area contributed by atoms with Crippen molar-refractivity contribution in [2.24, 2.45) is 11.7 Å². The number of carbonyl (C=O) groups excluding carboxylic acids is 1. The first-order chi connectivity index (χ1) is 19.3. The van der Waals surface area contributed by atoms with E-state index >= 15 is 0 Å². The lowest BCUT2D eigenvalue weighted by atomic mass is 9.91. The summed E-state index contributed by atoms with van der Waals surface area (Å²) >= 11 is 0. The number of hydrogen-bond acceptors (Lipinski definition) is 6. The molecule has 4 aromatic rings. The summed E-state index contributed by atoms with van der Waals surface area (Å²) in [6.45, 7) is 6.69. The summed E-state index contributed by atoms with van der Waals surface area (Å²) in [5.74, 6) is 0.0663. The minimum absolute atomic E-state index is 0.129. The third-order valence-electron chi connectivity index (χ3n) is 6.98. The first-order valence-corrected chi connectivity index (χ1v) is 13.3. The van der Waals surface area contributed by atoms with Crippen molar-refractivity contribution in [3.05, 3.63) is 116 Å². The number of rotatable bonds is 9. The lowest BCUT2D eigenvalue weighted by molar-refractivity contribution is 0.0587. The maximum Gasteiger partial charge on any atom is 0.254 e. The van der Waals surface area contributed by atoms with Gasteiger partial charge in [0, 0.05) is 24.1 Å². The Labute approximate surface area is 234 Å². The minimum Gasteiger partial charge on any atom is -0.458 e. The first kappa shape index (κ1) is 28.3. The standard InChI is InChI=1S/C33H32N4O3/c1-21(2)30(37(15-5-14-34)33(39)26-11-8-22(3)9-12-26)32-28(17-23-6-4-7-24(16-23)19-35)31(38)27-13-10-25(20-36)18-29(27)40-32/h4,6-13,16,18,21,30H,5,14-15,17,34H2,1-3H3. The molecule has 1 amide bonds. The van der Waals surface area contributed by atoms with Gasteiger partial charge in [0.15, 0.2) is 5.43 Å². The molecule has 0 aliphatic heterocycles. The topological polar surface area (TPSA) is 124 Å². The van der Waals surface area contributed by atoms with Crippen molar-refractivity contribution in [3.63, 3.8) is 0 Å². The van der Waals surface area contributed by atoms with Gasteiger partial charge in [-0.3, -0.25) is 9.59 Å². The van der Waals surface area contributed by atoms with E-state index in [1.165, 1.54) is 0 Å². The predicted molar refractivity (Wildman–Crippen MR) is 155 cm³/mol. The second-order valence-electron chi connectivity index (χ2n) is 10.3. The van der Waals surface area contributed by atoms with Gasteiger partial charge in [-0.15, -0.1) is 0 Å². The molecule has 0 saturated heterocycles. The van der Waals surface area contributed by atoms with Crippen LogP contribution in [0.15, 0.2) is 75.9 Å². The number of amides is 1. The second kappa shape index (κ2) is 12.4. The van der Waals surface area contributed by atoms with Gasteiger partial charge in [0.05, 0.1) is 34.7 Å². The Morgan fingerprint density at radius 1 is 1.00 bits per heavy atom. The van der Waals surface area contributed by atoms with Crippen LogP contribution in [0, 0.1) is 35.5 Å². The molecule has 0 spiro atoms. The van der Waals surface area contributed by atoms with Gasteiger partial charge < -0.3 is 15.1 Å². The third kappa shape index (κ3) is 5.96. The Balaban J connectivity index is 1.96. The highest BCUT2D eigenvalue weighted by Crippen LogP contribution is 2.34. The first-order valence-electron chi connectivity index (χ1n) is 13.3. The van der Waals surface area contributed by atoms with E-state index in [0.717, 1.165) is 11.1 Å². The van der Waals surface area contributed by atoms with Crippen LogP contribution in [0.25, 0.3) is 11.0 Å². The van der Waals surface area contributed by atoms with E-state index in [-0.39, 0.29) is 23.7 Å². The Morgan fingerprint density at radius 2 is 1.70 bits per heavy atom. The van der Waals surface area contributed by atoms with Crippen LogP contribution in [-0.4, -0.2) is 23.9 Å². The molecule has 7 heteroatoms. The molecule has 0 radical (unpaired) electrons. The normalized spacial score (nSPS) is 11.7. The van der Waals surface area contributed by atoms with Crippen molar-refractivity contribution in [3.8, 4) is 12.1 Å². The fraction of sp³-hybridized carbons (Fsp3) is 0.273. The van der Waals surface area contributed by atoms with Crippen molar-refractivity contribution < 1.29 is 9.21 Å². The average molecular weight is 533 g/mol. The molecule has 7 nitrogen and oxygen atoms in total. The highest BCUT2D eigenvalue weighted by Gasteiger charge is 2.33. The van der Waals surface area contributed by atoms with Crippen LogP contribution >= 0.6 is 0 Å². The summed E-state index contributed by atoms with van der Waals surface area (Å²) in [6, 6.07) is 22.9. The van der Waals surface area contributed by atoms with Gasteiger partial charge in [-0.2, -0.15) is 10.5 Å². The molecule has 0 saturated carbocycles. The van der Waals surface area contributed by atoms with Crippen molar-refractivity contribution in [1.29, 1.82) is 10.5 Å². The number of nitrogens with zero attached hydrogens (tertiary/aromatic N) is 3. The molecule has 1 aromatic heterocycles. The molecule has 40 heavy (non-hydrogen) atoms. The molecule has 0 aliphatic rings. The number of benzene rings is 3. The van der Waals surface area contributed by atoms with Crippen LogP contribution in [0.2, 0.25) is 0 Å². The van der Waals surface area contributed by atoms with Crippen LogP contribution in [0.1, 0.15) is 70.2 Å². The summed E-state index contributed by atoms with van der Waals surface area (Å²) < 4.78 is 6.49. The van der Waals surface area contributed by atoms with Crippen LogP contribution in [0.4, 0.5) is 0 Å². The molecule has 1 atom stereocenters. The lowest BCUT2D eigenvalue weighted by Gasteiger charge is -2.35. The van der Waals surface area contributed by atoms with Gasteiger partial charge in [-0.1, -0.05) is 43.7 Å². The van der Waals surface area contributed by atoms with E-state index < -0.39 is 6.04 Å². The molecule has 3 aromatic carbocycles. The zero-order valence-electron chi connectivity index (χ0n) is 23.0. The molecule has 1 unspecified atom stereocenters. The third-order valence-corrected chi connectivity index (χ3v) is 6.98. The summed E-state index contributed by atoms with van der Waals surface area (Å²) in [4.78, 5) is 29.7. The number of nitrogens with two attached hydrogens (primary N) is 1. The number of fused-ring (bicyclic) bond motifs is 1. The fourth-order valence-corrected chi connectivity index (χ4v) is 4.97. The lowest BCUT2D eigenvalue weighted by Crippen LogP contribution is -2.40. The van der Waals surface area contributed by atoms with Gasteiger partial charge in [-0.25, -0.2) is 0 Å². The maximum atomic E-state index is 14.0. The molecular weight excluding hydrogens is 500 g/mol. The summed E-state index contributed by atoms with van der Waals surface area (Å²) in [5, 5.41) is 19.3. The van der Waals surface area contributed by atoms with E-state index in [1.54, 1.807) is 53.4 Å². The maximum absolute atomic E-state index is 14.0. The van der Waals surface area contributed by atoms with Crippen LogP contribution in [0.5, 0.6) is 0 Å². The van der Waals surface area contributed by atoms with E-state index in [2.05, 4.69) is 12.1 Å². The Kier molecular flexibility index (Phi) is 8.79. The zero-order chi connectivity index (χ0) is 28.8. The smallest absolute Gasteiger partial charge is 0.254 e. The van der Waals surface area contributed by atoms with Crippen molar-refractivity contribution in [2.45, 2.75) is 39.7 Å². The van der Waals surface area contributed by atoms with Crippen LogP contribution in [-0.2, 0) is 6.42 Å². The van der Waals surface area contributed by atoms with E-state index in [9.17, 15) is 20.1 Å². The Bertz CT molecular complexity index is 1670. The molecule has 0 aliphatic carbocycles. The molecule has 2 N–H and O–H groups in total. The average Bonchev–Trinajstić information content (AvgIpc) is 2.96. The molecule has 202 valence electrons. The van der Waals surface area contributed by atoms with Gasteiger partial charge in [0.25, 0.3) is 5.91 Å². The van der Waals surface area contributed by atoms with E-state index in [4.69, 9.17) is 10.2 Å². The molecule has 0 fully saturated rings. The van der Waals surface area contributed by atoms with Crippen molar-refractivity contribution >= 4 is 16.9 Å². The molecular formula is C33H32N4O3. The molecule has 1 heterocycles. The monoisotopic (exact) mass is 532 g/mol. The Morgan fingerprint density at radius 3 is 2.35 bits per heavy atom. The minimum atomic E-state index is -0.586. The fourth-order valence-electron chi connectivity index (χ4n) is 4.97. The number of hydrogen-bond donors (Lipinski definition) is 1. The van der Waals surface area contributed by atoms with Crippen LogP contribution < -0.4 is 11.2 Å². The summed E-state index contributed by atoms with van der Waals surface area (Å²) in [5.41, 5.74) is 9.57. The van der Waals surface area contributed by atoms with E-state index in [0.29, 0.717) is 58.5 Å². The van der Waals surface area contributed by atoms with Crippen LogP contribution in [0.3, 0.4) is 0 Å². The van der Waals surface area contributed by atoms with Crippen molar-refractivity contribution in [2.75, 3.05) is 13.1 Å². The SMILES string of the molecule is Cc1ccc(C(=O)N(CCCN)C(c2oc3cc(C#N)ccc3c(=O)c2Cc2cccc(C#N)c2)C(C)C)cc1. The largest absolute Gasteiger partial charge is 0.458 e. The molecule has 0 bridgehead atoms. The number of nitriles is 2. The summed E-state index contributed by atoms with van der Waals surface area (Å²) in [7, 11) is 0. The second-order valence-corrected chi connectivity index (χ2v) is 10.3. The van der Waals surface area contributed by atoms with Gasteiger partial charge >= 0.3 is 0 Å². The van der Waals surface area contributed by atoms with E-state index in [1.807, 2.05) is 39.0 Å². The summed E-state index contributed by atoms with van der Waals surface area (Å²) in [6.07, 6.45) is 0.784.